The Labute approximate surface area is 181 Å². The van der Waals surface area contributed by atoms with Crippen molar-refractivity contribution in [3.05, 3.63) is 58.4 Å². The zero-order valence-corrected chi connectivity index (χ0v) is 17.8. The first-order chi connectivity index (χ1) is 14.5. The van der Waals surface area contributed by atoms with Gasteiger partial charge >= 0.3 is 0 Å². The zero-order chi connectivity index (χ0) is 21.5. The number of ether oxygens (including phenoxy) is 2. The summed E-state index contributed by atoms with van der Waals surface area (Å²) >= 11 is 6.08. The number of nitrogen functional groups attached to an aromatic ring is 1. The van der Waals surface area contributed by atoms with Crippen molar-refractivity contribution >= 4 is 23.2 Å². The van der Waals surface area contributed by atoms with Crippen LogP contribution in [0.2, 0.25) is 5.02 Å². The topological polar surface area (TPSA) is 76.8 Å². The number of rotatable bonds is 7. The molecule has 8 heteroatoms. The highest BCUT2D eigenvalue weighted by molar-refractivity contribution is 6.33. The van der Waals surface area contributed by atoms with Gasteiger partial charge in [0.25, 0.3) is 5.91 Å². The maximum atomic E-state index is 13.3. The van der Waals surface area contributed by atoms with E-state index in [2.05, 4.69) is 10.2 Å². The summed E-state index contributed by atoms with van der Waals surface area (Å²) in [6.07, 6.45) is 7.22. The molecule has 1 amide bonds. The lowest BCUT2D eigenvalue weighted by atomic mass is 10.1. The number of benzene rings is 1. The molecule has 1 atom stereocenters. The third-order valence-electron chi connectivity index (χ3n) is 4.92. The van der Waals surface area contributed by atoms with Crippen LogP contribution in [0, 0.1) is 0 Å². The van der Waals surface area contributed by atoms with Crippen LogP contribution in [0.5, 0.6) is 5.75 Å². The number of carbonyl (C=O) groups is 1. The van der Waals surface area contributed by atoms with E-state index in [1.54, 1.807) is 6.07 Å². The molecule has 3 rings (SSSR count). The van der Waals surface area contributed by atoms with Crippen LogP contribution in [0.15, 0.2) is 47.8 Å². The number of anilines is 1. The van der Waals surface area contributed by atoms with Gasteiger partial charge in [-0.2, -0.15) is 0 Å². The van der Waals surface area contributed by atoms with Crippen molar-refractivity contribution in [2.45, 2.75) is 19.4 Å². The third-order valence-corrected chi connectivity index (χ3v) is 5.25. The molecule has 2 aliphatic rings. The van der Waals surface area contributed by atoms with Gasteiger partial charge in [-0.05, 0) is 31.6 Å². The number of halogens is 2. The normalized spacial score (nSPS) is 19.6. The minimum Gasteiger partial charge on any atom is -0.493 e. The van der Waals surface area contributed by atoms with Crippen molar-refractivity contribution < 1.29 is 18.7 Å². The standard InChI is InChI=1S/C22H27ClFN3O3/c1-2-29-21-11-20(25)19(23)10-18(21)22(28)26-12-17-14-27(8-9-30-17)13-15-4-3-5-16(24)7-6-15/h3,5-7,10-11,17H,2,4,8-9,12-14,25H2,1H3,(H,26,28). The van der Waals surface area contributed by atoms with E-state index in [9.17, 15) is 9.18 Å². The second-order valence-corrected chi connectivity index (χ2v) is 7.63. The van der Waals surface area contributed by atoms with Crippen molar-refractivity contribution in [1.29, 1.82) is 0 Å². The van der Waals surface area contributed by atoms with Crippen molar-refractivity contribution in [2.75, 3.05) is 45.1 Å². The molecule has 0 bridgehead atoms. The van der Waals surface area contributed by atoms with Gasteiger partial charge in [0.2, 0.25) is 0 Å². The Hall–Kier alpha value is -2.35. The highest BCUT2D eigenvalue weighted by Gasteiger charge is 2.23. The Bertz CT molecular complexity index is 869. The first-order valence-electron chi connectivity index (χ1n) is 10.0. The Morgan fingerprint density at radius 2 is 2.27 bits per heavy atom. The van der Waals surface area contributed by atoms with Crippen LogP contribution < -0.4 is 15.8 Å². The van der Waals surface area contributed by atoms with Crippen LogP contribution in [-0.2, 0) is 4.74 Å². The molecular formula is C22H27ClFN3O3. The fraction of sp³-hybridized carbons (Fsp3) is 0.409. The summed E-state index contributed by atoms with van der Waals surface area (Å²) < 4.78 is 24.7. The lowest BCUT2D eigenvalue weighted by Gasteiger charge is -2.33. The molecule has 1 heterocycles. The van der Waals surface area contributed by atoms with Gasteiger partial charge in [-0.25, -0.2) is 4.39 Å². The van der Waals surface area contributed by atoms with E-state index >= 15 is 0 Å². The van der Waals surface area contributed by atoms with Crippen LogP contribution in [0.3, 0.4) is 0 Å². The zero-order valence-electron chi connectivity index (χ0n) is 17.0. The lowest BCUT2D eigenvalue weighted by Crippen LogP contribution is -2.48. The molecule has 1 aliphatic carbocycles. The average Bonchev–Trinajstić information content (AvgIpc) is 2.93. The molecular weight excluding hydrogens is 409 g/mol. The van der Waals surface area contributed by atoms with Crippen molar-refractivity contribution in [3.8, 4) is 5.75 Å². The van der Waals surface area contributed by atoms with Gasteiger partial charge in [0.15, 0.2) is 0 Å². The second kappa shape index (κ2) is 10.6. The van der Waals surface area contributed by atoms with Gasteiger partial charge in [-0.1, -0.05) is 29.3 Å². The monoisotopic (exact) mass is 435 g/mol. The highest BCUT2D eigenvalue weighted by atomic mass is 35.5. The van der Waals surface area contributed by atoms with Gasteiger partial charge < -0.3 is 20.5 Å². The number of nitrogens with two attached hydrogens (primary N) is 1. The molecule has 6 nitrogen and oxygen atoms in total. The highest BCUT2D eigenvalue weighted by Crippen LogP contribution is 2.29. The maximum Gasteiger partial charge on any atom is 0.255 e. The number of hydrogen-bond donors (Lipinski definition) is 2. The number of amides is 1. The maximum absolute atomic E-state index is 13.3. The van der Waals surface area contributed by atoms with Crippen molar-refractivity contribution in [3.63, 3.8) is 0 Å². The number of nitrogens with zero attached hydrogens (tertiary/aromatic N) is 1. The van der Waals surface area contributed by atoms with Gasteiger partial charge in [-0.3, -0.25) is 9.69 Å². The SMILES string of the molecule is CCOc1cc(N)c(Cl)cc1C(=O)NCC1CN(CC2=CC=C(F)C=CC2)CCO1. The second-order valence-electron chi connectivity index (χ2n) is 7.22. The van der Waals surface area contributed by atoms with Crippen LogP contribution in [0.25, 0.3) is 0 Å². The van der Waals surface area contributed by atoms with Crippen LogP contribution in [-0.4, -0.2) is 56.3 Å². The summed E-state index contributed by atoms with van der Waals surface area (Å²) in [5.74, 6) is -0.128. The van der Waals surface area contributed by atoms with Crippen LogP contribution in [0.1, 0.15) is 23.7 Å². The number of morpholine rings is 1. The van der Waals surface area contributed by atoms with Crippen LogP contribution >= 0.6 is 11.6 Å². The number of allylic oxidation sites excluding steroid dienone is 5. The Balaban J connectivity index is 1.56. The third kappa shape index (κ3) is 6.08. The number of hydrogen-bond acceptors (Lipinski definition) is 5. The molecule has 0 spiro atoms. The molecule has 0 aromatic heterocycles. The molecule has 1 fully saturated rings. The quantitative estimate of drug-likeness (QED) is 0.641. The predicted octanol–water partition coefficient (Wildman–Crippen LogP) is 3.49. The van der Waals surface area contributed by atoms with Crippen molar-refractivity contribution in [1.82, 2.24) is 10.2 Å². The van der Waals surface area contributed by atoms with E-state index in [1.165, 1.54) is 18.2 Å². The minimum absolute atomic E-state index is 0.142. The molecule has 1 unspecified atom stereocenters. The van der Waals surface area contributed by atoms with E-state index in [4.69, 9.17) is 26.8 Å². The van der Waals surface area contributed by atoms with Crippen LogP contribution in [0.4, 0.5) is 10.1 Å². The molecule has 1 saturated heterocycles. The Morgan fingerprint density at radius 1 is 1.43 bits per heavy atom. The first-order valence-corrected chi connectivity index (χ1v) is 10.4. The van der Waals surface area contributed by atoms with E-state index in [0.717, 1.165) is 25.1 Å². The molecule has 3 N–H and O–H groups in total. The average molecular weight is 436 g/mol. The van der Waals surface area contributed by atoms with Crippen molar-refractivity contribution in [2.24, 2.45) is 0 Å². The Kier molecular flexibility index (Phi) is 7.90. The van der Waals surface area contributed by atoms with Gasteiger partial charge in [0.05, 0.1) is 35.6 Å². The lowest BCUT2D eigenvalue weighted by molar-refractivity contribution is -0.0234. The van der Waals surface area contributed by atoms with E-state index in [1.807, 2.05) is 19.1 Å². The fourth-order valence-corrected chi connectivity index (χ4v) is 3.58. The molecule has 1 aliphatic heterocycles. The summed E-state index contributed by atoms with van der Waals surface area (Å²) in [4.78, 5) is 14.9. The first kappa shape index (κ1) is 22.3. The van der Waals surface area contributed by atoms with Gasteiger partial charge in [0, 0.05) is 32.2 Å². The molecule has 1 aromatic rings. The molecule has 0 radical (unpaired) electrons. The Morgan fingerprint density at radius 3 is 3.07 bits per heavy atom. The smallest absolute Gasteiger partial charge is 0.255 e. The largest absolute Gasteiger partial charge is 0.493 e. The van der Waals surface area contributed by atoms with Gasteiger partial charge in [0.1, 0.15) is 11.6 Å². The summed E-state index contributed by atoms with van der Waals surface area (Å²) in [5, 5.41) is 3.20. The van der Waals surface area contributed by atoms with E-state index in [-0.39, 0.29) is 17.8 Å². The summed E-state index contributed by atoms with van der Waals surface area (Å²) in [5.41, 5.74) is 7.66. The van der Waals surface area contributed by atoms with E-state index in [0.29, 0.717) is 48.3 Å². The molecule has 1 aromatic carbocycles. The summed E-state index contributed by atoms with van der Waals surface area (Å²) in [6, 6.07) is 3.08. The fourth-order valence-electron chi connectivity index (χ4n) is 3.42. The van der Waals surface area contributed by atoms with Gasteiger partial charge in [-0.15, -0.1) is 0 Å². The molecule has 30 heavy (non-hydrogen) atoms. The minimum atomic E-state index is -0.293. The number of carbonyl (C=O) groups excluding carboxylic acids is 1. The summed E-state index contributed by atoms with van der Waals surface area (Å²) in [6.45, 7) is 5.38. The summed E-state index contributed by atoms with van der Waals surface area (Å²) in [7, 11) is 0. The van der Waals surface area contributed by atoms with E-state index < -0.39 is 0 Å². The number of nitrogens with one attached hydrogen (secondary N) is 1. The predicted molar refractivity (Wildman–Crippen MR) is 117 cm³/mol. The molecule has 162 valence electrons. The molecule has 0 saturated carbocycles.